The minimum absolute atomic E-state index is 0. The fourth-order valence-corrected chi connectivity index (χ4v) is 3.11. The number of hydrogen-bond donors (Lipinski definition) is 2. The normalized spacial score (nSPS) is 16.8. The molecule has 25 heavy (non-hydrogen) atoms. The summed E-state index contributed by atoms with van der Waals surface area (Å²) in [6.45, 7) is 2.30. The Morgan fingerprint density at radius 1 is 1.24 bits per heavy atom. The molecule has 1 fully saturated rings. The maximum absolute atomic E-state index is 12.1. The van der Waals surface area contributed by atoms with Crippen LogP contribution in [0.2, 0.25) is 5.02 Å². The third-order valence-electron chi connectivity index (χ3n) is 4.41. The Labute approximate surface area is 159 Å². The average Bonchev–Trinajstić information content (AvgIpc) is 2.62. The van der Waals surface area contributed by atoms with E-state index in [1.165, 1.54) is 31.0 Å². The van der Waals surface area contributed by atoms with Gasteiger partial charge in [-0.2, -0.15) is 0 Å². The maximum atomic E-state index is 12.1. The maximum Gasteiger partial charge on any atom is 0.274 e. The number of rotatable bonds is 5. The predicted octanol–water partition coefficient (Wildman–Crippen LogP) is 4.34. The molecule has 1 aliphatic heterocycles. The molecule has 0 saturated carbocycles. The molecule has 1 aliphatic rings. The Hall–Kier alpha value is -1.62. The summed E-state index contributed by atoms with van der Waals surface area (Å²) in [6, 6.07) is 11.3. The SMILES string of the molecule is Cl.O=C(Nc1ccc(CCC2CCCNC2)cc1)c1ccc(Cl)cn1. The molecule has 2 heterocycles. The number of anilines is 1. The van der Waals surface area contributed by atoms with E-state index in [4.69, 9.17) is 11.6 Å². The molecule has 6 heteroatoms. The lowest BCUT2D eigenvalue weighted by atomic mass is 9.93. The summed E-state index contributed by atoms with van der Waals surface area (Å²) in [5.74, 6) is 0.557. The number of benzene rings is 1. The van der Waals surface area contributed by atoms with Crippen LogP contribution in [0.5, 0.6) is 0 Å². The second-order valence-electron chi connectivity index (χ2n) is 6.26. The van der Waals surface area contributed by atoms with Crippen molar-refractivity contribution in [3.05, 3.63) is 58.9 Å². The Morgan fingerprint density at radius 3 is 2.68 bits per heavy atom. The number of halogens is 2. The van der Waals surface area contributed by atoms with E-state index in [9.17, 15) is 4.79 Å². The van der Waals surface area contributed by atoms with Gasteiger partial charge in [-0.25, -0.2) is 4.98 Å². The third kappa shape index (κ3) is 5.99. The summed E-state index contributed by atoms with van der Waals surface area (Å²) in [5.41, 5.74) is 2.44. The monoisotopic (exact) mass is 379 g/mol. The van der Waals surface area contributed by atoms with Crippen molar-refractivity contribution in [2.45, 2.75) is 25.7 Å². The van der Waals surface area contributed by atoms with Gasteiger partial charge in [-0.05, 0) is 74.5 Å². The predicted molar refractivity (Wildman–Crippen MR) is 105 cm³/mol. The molecule has 0 bridgehead atoms. The highest BCUT2D eigenvalue weighted by atomic mass is 35.5. The van der Waals surface area contributed by atoms with Crippen molar-refractivity contribution in [1.29, 1.82) is 0 Å². The average molecular weight is 380 g/mol. The Morgan fingerprint density at radius 2 is 2.04 bits per heavy atom. The molecule has 1 amide bonds. The van der Waals surface area contributed by atoms with Crippen LogP contribution in [-0.2, 0) is 6.42 Å². The highest BCUT2D eigenvalue weighted by molar-refractivity contribution is 6.30. The standard InChI is InChI=1S/C19H22ClN3O.ClH/c20-16-7-10-18(22-13-16)19(24)23-17-8-5-14(6-9-17)3-4-15-2-1-11-21-12-15;/h5-10,13,15,21H,1-4,11-12H2,(H,23,24);1H. The topological polar surface area (TPSA) is 54.0 Å². The van der Waals surface area contributed by atoms with E-state index in [0.29, 0.717) is 10.7 Å². The smallest absolute Gasteiger partial charge is 0.274 e. The molecule has 0 aliphatic carbocycles. The molecule has 0 radical (unpaired) electrons. The van der Waals surface area contributed by atoms with Gasteiger partial charge in [0.25, 0.3) is 5.91 Å². The van der Waals surface area contributed by atoms with Crippen LogP contribution in [0.1, 0.15) is 35.3 Å². The van der Waals surface area contributed by atoms with Crippen LogP contribution in [-0.4, -0.2) is 24.0 Å². The van der Waals surface area contributed by atoms with Crippen LogP contribution in [0.3, 0.4) is 0 Å². The van der Waals surface area contributed by atoms with Gasteiger partial charge in [-0.3, -0.25) is 4.79 Å². The largest absolute Gasteiger partial charge is 0.321 e. The van der Waals surface area contributed by atoms with E-state index >= 15 is 0 Å². The third-order valence-corrected chi connectivity index (χ3v) is 4.64. The molecule has 4 nitrogen and oxygen atoms in total. The van der Waals surface area contributed by atoms with Crippen molar-refractivity contribution in [1.82, 2.24) is 10.3 Å². The molecule has 0 spiro atoms. The number of carbonyl (C=O) groups excluding carboxylic acids is 1. The van der Waals surface area contributed by atoms with Crippen molar-refractivity contribution < 1.29 is 4.79 Å². The molecule has 3 rings (SSSR count). The van der Waals surface area contributed by atoms with Crippen LogP contribution < -0.4 is 10.6 Å². The van der Waals surface area contributed by atoms with Crippen molar-refractivity contribution in [2.24, 2.45) is 5.92 Å². The lowest BCUT2D eigenvalue weighted by Crippen LogP contribution is -2.29. The fraction of sp³-hybridized carbons (Fsp3) is 0.368. The molecular formula is C19H23Cl2N3O. The number of pyridine rings is 1. The zero-order chi connectivity index (χ0) is 16.8. The molecule has 2 aromatic rings. The van der Waals surface area contributed by atoms with Gasteiger partial charge < -0.3 is 10.6 Å². The van der Waals surface area contributed by atoms with Crippen molar-refractivity contribution in [3.8, 4) is 0 Å². The van der Waals surface area contributed by atoms with E-state index in [1.54, 1.807) is 12.1 Å². The Bertz CT molecular complexity index is 668. The molecule has 134 valence electrons. The van der Waals surface area contributed by atoms with Crippen LogP contribution in [0.15, 0.2) is 42.6 Å². The summed E-state index contributed by atoms with van der Waals surface area (Å²) in [4.78, 5) is 16.1. The van der Waals surface area contributed by atoms with Gasteiger partial charge in [-0.1, -0.05) is 23.7 Å². The lowest BCUT2D eigenvalue weighted by molar-refractivity contribution is 0.102. The molecular weight excluding hydrogens is 357 g/mol. The first-order chi connectivity index (χ1) is 11.7. The van der Waals surface area contributed by atoms with Gasteiger partial charge in [0.2, 0.25) is 0 Å². The van der Waals surface area contributed by atoms with E-state index in [-0.39, 0.29) is 18.3 Å². The highest BCUT2D eigenvalue weighted by Gasteiger charge is 2.12. The van der Waals surface area contributed by atoms with Gasteiger partial charge >= 0.3 is 0 Å². The summed E-state index contributed by atoms with van der Waals surface area (Å²) >= 11 is 5.78. The van der Waals surface area contributed by atoms with Gasteiger partial charge in [0.05, 0.1) is 5.02 Å². The molecule has 1 saturated heterocycles. The number of piperidine rings is 1. The van der Waals surface area contributed by atoms with Crippen LogP contribution >= 0.6 is 24.0 Å². The van der Waals surface area contributed by atoms with E-state index < -0.39 is 0 Å². The van der Waals surface area contributed by atoms with Crippen LogP contribution in [0, 0.1) is 5.92 Å². The molecule has 1 aromatic carbocycles. The van der Waals surface area contributed by atoms with Crippen molar-refractivity contribution >= 4 is 35.6 Å². The van der Waals surface area contributed by atoms with Crippen LogP contribution in [0.4, 0.5) is 5.69 Å². The fourth-order valence-electron chi connectivity index (χ4n) is 3.00. The van der Waals surface area contributed by atoms with Gasteiger partial charge in [0, 0.05) is 11.9 Å². The summed E-state index contributed by atoms with van der Waals surface area (Å²) in [7, 11) is 0. The van der Waals surface area contributed by atoms with E-state index in [1.807, 2.05) is 12.1 Å². The van der Waals surface area contributed by atoms with Gasteiger partial charge in [0.1, 0.15) is 5.69 Å². The second-order valence-corrected chi connectivity index (χ2v) is 6.70. The zero-order valence-electron chi connectivity index (χ0n) is 14.0. The van der Waals surface area contributed by atoms with Crippen molar-refractivity contribution in [2.75, 3.05) is 18.4 Å². The Balaban J connectivity index is 0.00000225. The summed E-state index contributed by atoms with van der Waals surface area (Å²) < 4.78 is 0. The molecule has 2 N–H and O–H groups in total. The van der Waals surface area contributed by atoms with Gasteiger partial charge in [0.15, 0.2) is 0 Å². The number of carbonyl (C=O) groups is 1. The van der Waals surface area contributed by atoms with E-state index in [2.05, 4.69) is 27.8 Å². The van der Waals surface area contributed by atoms with Crippen molar-refractivity contribution in [3.63, 3.8) is 0 Å². The number of hydrogen-bond acceptors (Lipinski definition) is 3. The molecule has 1 aromatic heterocycles. The Kier molecular flexibility index (Phi) is 7.69. The minimum atomic E-state index is -0.229. The second kappa shape index (κ2) is 9.76. The zero-order valence-corrected chi connectivity index (χ0v) is 15.6. The number of amides is 1. The lowest BCUT2D eigenvalue weighted by Gasteiger charge is -2.22. The summed E-state index contributed by atoms with van der Waals surface area (Å²) in [6.07, 6.45) is 6.38. The first kappa shape index (κ1) is 19.7. The summed E-state index contributed by atoms with van der Waals surface area (Å²) in [5, 5.41) is 6.83. The highest BCUT2D eigenvalue weighted by Crippen LogP contribution is 2.18. The molecule has 1 atom stereocenters. The van der Waals surface area contributed by atoms with Gasteiger partial charge in [-0.15, -0.1) is 12.4 Å². The minimum Gasteiger partial charge on any atom is -0.321 e. The number of aryl methyl sites for hydroxylation is 1. The molecule has 1 unspecified atom stereocenters. The number of aromatic nitrogens is 1. The quantitative estimate of drug-likeness (QED) is 0.811. The number of nitrogens with one attached hydrogen (secondary N) is 2. The van der Waals surface area contributed by atoms with Crippen LogP contribution in [0.25, 0.3) is 0 Å². The first-order valence-electron chi connectivity index (χ1n) is 8.43. The van der Waals surface area contributed by atoms with E-state index in [0.717, 1.165) is 31.1 Å². The first-order valence-corrected chi connectivity index (χ1v) is 8.81. The number of nitrogens with zero attached hydrogens (tertiary/aromatic N) is 1.